The van der Waals surface area contributed by atoms with Crippen molar-refractivity contribution in [1.82, 2.24) is 9.97 Å². The Morgan fingerprint density at radius 1 is 1.50 bits per heavy atom. The van der Waals surface area contributed by atoms with Crippen LogP contribution >= 0.6 is 0 Å². The number of H-pyrrole nitrogens is 1. The second-order valence-corrected chi connectivity index (χ2v) is 0.761. The maximum absolute atomic E-state index is 3.67. The SMILES string of the molecule is [InH3].c1c[nH]cn1. The van der Waals surface area contributed by atoms with Gasteiger partial charge in [-0.1, -0.05) is 0 Å². The van der Waals surface area contributed by atoms with Gasteiger partial charge in [0.25, 0.3) is 0 Å². The van der Waals surface area contributed by atoms with Crippen molar-refractivity contribution >= 4 is 25.8 Å². The molecular weight excluding hydrogens is 179 g/mol. The summed E-state index contributed by atoms with van der Waals surface area (Å²) in [4.78, 5) is 6.42. The van der Waals surface area contributed by atoms with Crippen LogP contribution in [0.1, 0.15) is 0 Å². The molecule has 32 valence electrons. The Morgan fingerprint density at radius 2 is 2.33 bits per heavy atom. The molecule has 0 saturated carbocycles. The molecule has 0 fully saturated rings. The number of hydrogen-bond acceptors (Lipinski definition) is 1. The van der Waals surface area contributed by atoms with E-state index in [9.17, 15) is 0 Å². The van der Waals surface area contributed by atoms with Gasteiger partial charge in [0.05, 0.1) is 6.33 Å². The first-order valence-electron chi connectivity index (χ1n) is 1.43. The molecule has 0 aliphatic rings. The molecule has 1 rings (SSSR count). The molecular formula is C3H7InN2. The van der Waals surface area contributed by atoms with Crippen molar-refractivity contribution in [1.29, 1.82) is 0 Å². The van der Waals surface area contributed by atoms with Crippen molar-refractivity contribution in [2.24, 2.45) is 0 Å². The fraction of sp³-hybridized carbons (Fsp3) is 0. The van der Waals surface area contributed by atoms with E-state index < -0.39 is 0 Å². The standard InChI is InChI=1S/C3H4N2.In.3H/c1-2-5-3-4-1;;;;/h1-3H,(H,4,5);;;;. The van der Waals surface area contributed by atoms with E-state index in [1.165, 1.54) is 0 Å². The maximum atomic E-state index is 3.67. The normalized spacial score (nSPS) is 6.67. The molecule has 0 unspecified atom stereocenters. The van der Waals surface area contributed by atoms with Crippen molar-refractivity contribution < 1.29 is 0 Å². The minimum absolute atomic E-state index is 0. The Morgan fingerprint density at radius 3 is 2.50 bits per heavy atom. The van der Waals surface area contributed by atoms with Gasteiger partial charge in [0.15, 0.2) is 0 Å². The van der Waals surface area contributed by atoms with Crippen LogP contribution in [0.2, 0.25) is 0 Å². The van der Waals surface area contributed by atoms with E-state index in [0.29, 0.717) is 0 Å². The predicted molar refractivity (Wildman–Crippen MR) is 28.5 cm³/mol. The Kier molecular flexibility index (Phi) is 3.32. The van der Waals surface area contributed by atoms with Gasteiger partial charge in [-0.2, -0.15) is 0 Å². The van der Waals surface area contributed by atoms with Gasteiger partial charge < -0.3 is 4.98 Å². The van der Waals surface area contributed by atoms with Crippen molar-refractivity contribution in [2.45, 2.75) is 0 Å². The van der Waals surface area contributed by atoms with Crippen LogP contribution in [0.4, 0.5) is 0 Å². The van der Waals surface area contributed by atoms with Gasteiger partial charge in [0, 0.05) is 12.4 Å². The molecule has 0 amide bonds. The zero-order chi connectivity index (χ0) is 3.54. The monoisotopic (exact) mass is 186 g/mol. The minimum atomic E-state index is 0. The van der Waals surface area contributed by atoms with Crippen LogP contribution in [0, 0.1) is 0 Å². The molecule has 0 radical (unpaired) electrons. The zero-order valence-electron chi connectivity index (χ0n) is 2.68. The van der Waals surface area contributed by atoms with Crippen LogP contribution in [0.5, 0.6) is 0 Å². The fourth-order valence-corrected chi connectivity index (χ4v) is 0.215. The van der Waals surface area contributed by atoms with Gasteiger partial charge in [-0.25, -0.2) is 4.98 Å². The molecule has 1 aromatic heterocycles. The van der Waals surface area contributed by atoms with E-state index in [1.807, 2.05) is 0 Å². The van der Waals surface area contributed by atoms with Gasteiger partial charge in [-0.15, -0.1) is 0 Å². The zero-order valence-corrected chi connectivity index (χ0v) is 2.68. The maximum Gasteiger partial charge on any atom is 0.0919 e. The summed E-state index contributed by atoms with van der Waals surface area (Å²) < 4.78 is 0. The number of rotatable bonds is 0. The summed E-state index contributed by atoms with van der Waals surface area (Å²) >= 11 is 0. The molecule has 0 aliphatic carbocycles. The molecule has 2 nitrogen and oxygen atoms in total. The third-order valence-corrected chi connectivity index (χ3v) is 0.406. The Hall–Kier alpha value is 0.0801. The van der Waals surface area contributed by atoms with Gasteiger partial charge in [0.2, 0.25) is 0 Å². The number of hydrogen-bond donors (Lipinski definition) is 1. The minimum Gasteiger partial charge on any atom is -0.351 e. The van der Waals surface area contributed by atoms with Crippen molar-refractivity contribution in [3.8, 4) is 0 Å². The quantitative estimate of drug-likeness (QED) is 0.565. The number of aromatic amines is 1. The number of imidazole rings is 1. The smallest absolute Gasteiger partial charge is 0.0919 e. The van der Waals surface area contributed by atoms with Gasteiger partial charge in [-0.05, 0) is 0 Å². The summed E-state index contributed by atoms with van der Waals surface area (Å²) in [5, 5.41) is 0. The average Bonchev–Trinajstić information content (AvgIpc) is 1.76. The molecule has 0 bridgehead atoms. The first-order chi connectivity index (χ1) is 2.50. The molecule has 1 heterocycles. The molecule has 1 aromatic rings. The molecule has 0 saturated heterocycles. The van der Waals surface area contributed by atoms with Crippen LogP contribution in [0.15, 0.2) is 18.7 Å². The Bertz CT molecular complexity index is 65.3. The van der Waals surface area contributed by atoms with E-state index >= 15 is 0 Å². The van der Waals surface area contributed by atoms with Gasteiger partial charge >= 0.3 is 25.8 Å². The van der Waals surface area contributed by atoms with Crippen LogP contribution < -0.4 is 0 Å². The first kappa shape index (κ1) is 6.08. The van der Waals surface area contributed by atoms with Gasteiger partial charge in [0.1, 0.15) is 0 Å². The fourth-order valence-electron chi connectivity index (χ4n) is 0.215. The molecule has 0 aromatic carbocycles. The van der Waals surface area contributed by atoms with E-state index in [-0.39, 0.29) is 25.8 Å². The van der Waals surface area contributed by atoms with Gasteiger partial charge in [-0.3, -0.25) is 0 Å². The number of aromatic nitrogens is 2. The Balaban J connectivity index is 0.000000250. The summed E-state index contributed by atoms with van der Waals surface area (Å²) in [6.45, 7) is 0. The summed E-state index contributed by atoms with van der Waals surface area (Å²) in [6.07, 6.45) is 5.08. The third kappa shape index (κ3) is 1.50. The molecule has 0 atom stereocenters. The molecule has 0 aliphatic heterocycles. The van der Waals surface area contributed by atoms with E-state index in [4.69, 9.17) is 0 Å². The molecule has 1 N–H and O–H groups in total. The Labute approximate surface area is 54.8 Å². The van der Waals surface area contributed by atoms with Crippen molar-refractivity contribution in [3.05, 3.63) is 18.7 Å². The first-order valence-corrected chi connectivity index (χ1v) is 1.43. The summed E-state index contributed by atoms with van der Waals surface area (Å²) in [7, 11) is 0. The number of nitrogens with zero attached hydrogens (tertiary/aromatic N) is 1. The van der Waals surface area contributed by atoms with Crippen LogP contribution in [-0.2, 0) is 0 Å². The second-order valence-electron chi connectivity index (χ2n) is 0.761. The topological polar surface area (TPSA) is 28.7 Å². The summed E-state index contributed by atoms with van der Waals surface area (Å²) in [6, 6.07) is 0. The van der Waals surface area contributed by atoms with Crippen LogP contribution in [0.25, 0.3) is 0 Å². The van der Waals surface area contributed by atoms with Crippen LogP contribution in [-0.4, -0.2) is 35.8 Å². The summed E-state index contributed by atoms with van der Waals surface area (Å²) in [5.74, 6) is 0. The predicted octanol–water partition coefficient (Wildman–Crippen LogP) is -0.774. The second kappa shape index (κ2) is 3.28. The molecule has 6 heavy (non-hydrogen) atoms. The van der Waals surface area contributed by atoms with E-state index in [0.717, 1.165) is 0 Å². The molecule has 3 heteroatoms. The van der Waals surface area contributed by atoms with Crippen molar-refractivity contribution in [3.63, 3.8) is 0 Å². The summed E-state index contributed by atoms with van der Waals surface area (Å²) in [5.41, 5.74) is 0. The molecule has 0 spiro atoms. The van der Waals surface area contributed by atoms with Crippen LogP contribution in [0.3, 0.4) is 0 Å². The average molecular weight is 186 g/mol. The third-order valence-electron chi connectivity index (χ3n) is 0.406. The largest absolute Gasteiger partial charge is 0.351 e. The van der Waals surface area contributed by atoms with E-state index in [1.54, 1.807) is 18.7 Å². The van der Waals surface area contributed by atoms with Crippen molar-refractivity contribution in [2.75, 3.05) is 0 Å². The number of nitrogens with one attached hydrogen (secondary N) is 1. The van der Waals surface area contributed by atoms with E-state index in [2.05, 4.69) is 9.97 Å².